The molecule has 194 valence electrons. The Bertz CT molecular complexity index is 1400. The third kappa shape index (κ3) is 5.56. The molecule has 3 aromatic rings. The van der Waals surface area contributed by atoms with Crippen LogP contribution in [0.5, 0.6) is 0 Å². The molecule has 0 aliphatic carbocycles. The fourth-order valence-electron chi connectivity index (χ4n) is 4.09. The zero-order valence-corrected chi connectivity index (χ0v) is 25.7. The molecule has 2 aromatic carbocycles. The number of hydrogen-bond donors (Lipinski definition) is 2. The highest BCUT2D eigenvalue weighted by atomic mass is 79.9. The van der Waals surface area contributed by atoms with Crippen molar-refractivity contribution in [1.29, 1.82) is 5.26 Å². The summed E-state index contributed by atoms with van der Waals surface area (Å²) in [6.45, 7) is 16.8. The zero-order valence-electron chi connectivity index (χ0n) is 22.4. The van der Waals surface area contributed by atoms with Crippen molar-refractivity contribution >= 4 is 53.2 Å². The van der Waals surface area contributed by atoms with Gasteiger partial charge in [-0.25, -0.2) is 9.97 Å². The number of aryl methyl sites for hydroxylation is 1. The van der Waals surface area contributed by atoms with E-state index in [0.717, 1.165) is 44.8 Å². The van der Waals surface area contributed by atoms with Crippen molar-refractivity contribution in [3.05, 3.63) is 62.7 Å². The van der Waals surface area contributed by atoms with Gasteiger partial charge in [0.05, 0.1) is 22.0 Å². The number of halogens is 2. The molecule has 2 heterocycles. The number of nitrogens with one attached hydrogen (secondary N) is 2. The van der Waals surface area contributed by atoms with Crippen molar-refractivity contribution in [2.24, 2.45) is 0 Å². The molecule has 37 heavy (non-hydrogen) atoms. The quantitative estimate of drug-likeness (QED) is 0.278. The Morgan fingerprint density at radius 2 is 2.00 bits per heavy atom. The summed E-state index contributed by atoms with van der Waals surface area (Å²) in [5.74, 6) is 0.458. The van der Waals surface area contributed by atoms with Gasteiger partial charge in [-0.2, -0.15) is 5.26 Å². The molecule has 1 aliphatic rings. The maximum absolute atomic E-state index is 9.96. The van der Waals surface area contributed by atoms with E-state index in [9.17, 15) is 5.26 Å². The zero-order chi connectivity index (χ0) is 27.2. The predicted molar refractivity (Wildman–Crippen MR) is 158 cm³/mol. The molecule has 9 heteroatoms. The van der Waals surface area contributed by atoms with Crippen LogP contribution in [0.4, 0.5) is 17.3 Å². The topological polar surface area (TPSA) is 82.9 Å². The largest absolute Gasteiger partial charge is 0.416 e. The Kier molecular flexibility index (Phi) is 7.48. The molecule has 0 amide bonds. The van der Waals surface area contributed by atoms with Crippen LogP contribution in [0.2, 0.25) is 23.2 Å². The van der Waals surface area contributed by atoms with Gasteiger partial charge in [-0.3, -0.25) is 0 Å². The third-order valence-electron chi connectivity index (χ3n) is 7.59. The average Bonchev–Trinajstić information content (AvgIpc) is 3.17. The molecule has 2 N–H and O–H groups in total. The molecule has 0 bridgehead atoms. The molecular formula is C28H33BrClN5OSi. The Morgan fingerprint density at radius 3 is 2.68 bits per heavy atom. The Balaban J connectivity index is 1.68. The van der Waals surface area contributed by atoms with Crippen LogP contribution < -0.4 is 10.6 Å². The predicted octanol–water partition coefficient (Wildman–Crippen LogP) is 8.19. The Labute approximate surface area is 234 Å². The number of rotatable bonds is 6. The van der Waals surface area contributed by atoms with E-state index in [-0.39, 0.29) is 10.5 Å². The van der Waals surface area contributed by atoms with Gasteiger partial charge in [-0.1, -0.05) is 39.3 Å². The van der Waals surface area contributed by atoms with Crippen LogP contribution in [0, 0.1) is 18.3 Å². The smallest absolute Gasteiger partial charge is 0.227 e. The molecule has 0 radical (unpaired) electrons. The van der Waals surface area contributed by atoms with Crippen molar-refractivity contribution in [2.45, 2.75) is 58.2 Å². The summed E-state index contributed by atoms with van der Waals surface area (Å²) in [5, 5.41) is 17.4. The summed E-state index contributed by atoms with van der Waals surface area (Å²) in [6, 6.07) is 12.1. The SMILES string of the molecule is Cc1cc(Br)c(Cl)cc1Nc1nccc(-c2cc(C#N)c3c(c2)C(C)(CO[Si](C)(C)C(C)(C)C)CN3)n1. The maximum atomic E-state index is 9.96. The third-order valence-corrected chi connectivity index (χ3v) is 13.3. The van der Waals surface area contributed by atoms with Crippen LogP contribution in [-0.2, 0) is 9.84 Å². The second-order valence-corrected chi connectivity index (χ2v) is 17.6. The van der Waals surface area contributed by atoms with Crippen molar-refractivity contribution in [3.8, 4) is 17.3 Å². The van der Waals surface area contributed by atoms with Gasteiger partial charge in [0.2, 0.25) is 5.95 Å². The molecule has 1 aromatic heterocycles. The Hall–Kier alpha value is -2.44. The summed E-state index contributed by atoms with van der Waals surface area (Å²) < 4.78 is 7.47. The van der Waals surface area contributed by atoms with Crippen molar-refractivity contribution < 1.29 is 4.43 Å². The molecule has 6 nitrogen and oxygen atoms in total. The van der Waals surface area contributed by atoms with Crippen molar-refractivity contribution in [1.82, 2.24) is 9.97 Å². The van der Waals surface area contributed by atoms with E-state index >= 15 is 0 Å². The summed E-state index contributed by atoms with van der Waals surface area (Å²) >= 11 is 9.76. The lowest BCUT2D eigenvalue weighted by atomic mass is 9.83. The molecule has 1 unspecified atom stereocenters. The second-order valence-electron chi connectivity index (χ2n) is 11.5. The summed E-state index contributed by atoms with van der Waals surface area (Å²) in [4.78, 5) is 9.17. The first kappa shape index (κ1) is 27.6. The van der Waals surface area contributed by atoms with Gasteiger partial charge in [-0.05, 0) is 82.4 Å². The number of benzene rings is 2. The first-order valence-electron chi connectivity index (χ1n) is 12.3. The van der Waals surface area contributed by atoms with Gasteiger partial charge in [0.15, 0.2) is 8.32 Å². The van der Waals surface area contributed by atoms with Crippen LogP contribution in [0.25, 0.3) is 11.3 Å². The number of hydrogen-bond acceptors (Lipinski definition) is 6. The van der Waals surface area contributed by atoms with Crippen LogP contribution in [0.3, 0.4) is 0 Å². The van der Waals surface area contributed by atoms with E-state index in [2.05, 4.69) is 84.5 Å². The molecule has 1 aliphatic heterocycles. The number of nitrogens with zero attached hydrogens (tertiary/aromatic N) is 3. The number of fused-ring (bicyclic) bond motifs is 1. The average molecular weight is 599 g/mol. The first-order valence-corrected chi connectivity index (χ1v) is 16.3. The normalized spacial score (nSPS) is 17.2. The van der Waals surface area contributed by atoms with E-state index in [1.54, 1.807) is 6.20 Å². The molecule has 0 saturated heterocycles. The minimum Gasteiger partial charge on any atom is -0.416 e. The maximum Gasteiger partial charge on any atom is 0.227 e. The van der Waals surface area contributed by atoms with Crippen LogP contribution in [0.15, 0.2) is 41.0 Å². The highest BCUT2D eigenvalue weighted by Crippen LogP contribution is 2.44. The van der Waals surface area contributed by atoms with Gasteiger partial charge in [0.1, 0.15) is 6.07 Å². The number of aromatic nitrogens is 2. The van der Waals surface area contributed by atoms with Crippen LogP contribution in [0.1, 0.15) is 44.4 Å². The number of nitriles is 1. The fourth-order valence-corrected chi connectivity index (χ4v) is 5.82. The van der Waals surface area contributed by atoms with Gasteiger partial charge in [0, 0.05) is 40.5 Å². The molecule has 0 spiro atoms. The molecule has 0 saturated carbocycles. The molecule has 0 fully saturated rings. The van der Waals surface area contributed by atoms with Gasteiger partial charge < -0.3 is 15.1 Å². The monoisotopic (exact) mass is 597 g/mol. The van der Waals surface area contributed by atoms with E-state index in [1.807, 2.05) is 31.2 Å². The van der Waals surface area contributed by atoms with Crippen LogP contribution >= 0.6 is 27.5 Å². The lowest BCUT2D eigenvalue weighted by Crippen LogP contribution is -2.45. The summed E-state index contributed by atoms with van der Waals surface area (Å²) in [5.41, 5.74) is 5.77. The van der Waals surface area contributed by atoms with Gasteiger partial charge in [0.25, 0.3) is 0 Å². The second kappa shape index (κ2) is 10.0. The molecule has 1 atom stereocenters. The van der Waals surface area contributed by atoms with E-state index in [1.165, 1.54) is 0 Å². The van der Waals surface area contributed by atoms with Crippen molar-refractivity contribution in [3.63, 3.8) is 0 Å². The fraction of sp³-hybridized carbons (Fsp3) is 0.393. The van der Waals surface area contributed by atoms with Crippen LogP contribution in [-0.4, -0.2) is 31.4 Å². The van der Waals surface area contributed by atoms with E-state index in [4.69, 9.17) is 21.0 Å². The highest BCUT2D eigenvalue weighted by Gasteiger charge is 2.42. The summed E-state index contributed by atoms with van der Waals surface area (Å²) in [7, 11) is -1.93. The number of anilines is 3. The minimum atomic E-state index is -1.93. The van der Waals surface area contributed by atoms with Gasteiger partial charge >= 0.3 is 0 Å². The molecule has 4 rings (SSSR count). The summed E-state index contributed by atoms with van der Waals surface area (Å²) in [6.07, 6.45) is 1.72. The standard InChI is InChI=1S/C28H33BrClN5OSi/c1-17-10-21(29)22(30)13-24(17)35-26-32-9-8-23(34-26)18-11-19(14-31)25-20(12-18)28(5,15-33-25)16-36-37(6,7)27(2,3)4/h8-13,33H,15-16H2,1-7H3,(H,32,34,35). The Morgan fingerprint density at radius 1 is 1.27 bits per heavy atom. The first-order chi connectivity index (χ1) is 17.2. The van der Waals surface area contributed by atoms with Crippen molar-refractivity contribution in [2.75, 3.05) is 23.8 Å². The molecular weight excluding hydrogens is 566 g/mol. The minimum absolute atomic E-state index is 0.125. The lowest BCUT2D eigenvalue weighted by Gasteiger charge is -2.39. The van der Waals surface area contributed by atoms with E-state index < -0.39 is 8.32 Å². The lowest BCUT2D eigenvalue weighted by molar-refractivity contribution is 0.220. The highest BCUT2D eigenvalue weighted by molar-refractivity contribution is 9.10. The van der Waals surface area contributed by atoms with Gasteiger partial charge in [-0.15, -0.1) is 0 Å². The van der Waals surface area contributed by atoms with E-state index in [0.29, 0.717) is 23.1 Å².